The minimum absolute atomic E-state index is 0.124. The Morgan fingerprint density at radius 1 is 1.12 bits per heavy atom. The zero-order chi connectivity index (χ0) is 22.3. The van der Waals surface area contributed by atoms with E-state index < -0.39 is 0 Å². The number of aromatic nitrogens is 2. The number of hydrogen-bond donors (Lipinski definition) is 3. The summed E-state index contributed by atoms with van der Waals surface area (Å²) in [6, 6.07) is 19.0. The normalized spacial score (nSPS) is 14.9. The zero-order valence-corrected chi connectivity index (χ0v) is 18.4. The standard InChI is InChI=1S/C25H30N6O/c1-27-25(32)23-24(26)29-16-21(30-23)20-11-7-8-18(14-20)15-28-22(17-31-12-5-6-13-31)19-9-3-2-4-10-19/h2-4,7-11,14,16,22,28H,5-6,12-13,15,17H2,1H3,(H2,26,29)(H,27,32). The molecule has 4 rings (SSSR count). The van der Waals surface area contributed by atoms with Gasteiger partial charge in [0.2, 0.25) is 0 Å². The van der Waals surface area contributed by atoms with Gasteiger partial charge in [-0.1, -0.05) is 48.5 Å². The lowest BCUT2D eigenvalue weighted by Gasteiger charge is -2.25. The lowest BCUT2D eigenvalue weighted by molar-refractivity contribution is 0.0959. The Balaban J connectivity index is 1.51. The fraction of sp³-hybridized carbons (Fsp3) is 0.320. The second-order valence-corrected chi connectivity index (χ2v) is 8.12. The molecule has 1 unspecified atom stereocenters. The molecule has 4 N–H and O–H groups in total. The molecule has 0 aliphatic carbocycles. The molecule has 166 valence electrons. The summed E-state index contributed by atoms with van der Waals surface area (Å²) in [7, 11) is 1.55. The summed E-state index contributed by atoms with van der Waals surface area (Å²) in [6.45, 7) is 4.07. The highest BCUT2D eigenvalue weighted by Crippen LogP contribution is 2.22. The lowest BCUT2D eigenvalue weighted by Crippen LogP contribution is -2.33. The summed E-state index contributed by atoms with van der Waals surface area (Å²) in [5, 5.41) is 6.30. The average molecular weight is 431 g/mol. The van der Waals surface area contributed by atoms with E-state index in [0.717, 1.165) is 24.2 Å². The highest BCUT2D eigenvalue weighted by molar-refractivity contribution is 5.96. The number of likely N-dealkylation sites (tertiary alicyclic amines) is 1. The van der Waals surface area contributed by atoms with Crippen LogP contribution in [0.2, 0.25) is 0 Å². The molecule has 32 heavy (non-hydrogen) atoms. The molecule has 0 saturated carbocycles. The van der Waals surface area contributed by atoms with Crippen molar-refractivity contribution < 1.29 is 4.79 Å². The Morgan fingerprint density at radius 3 is 2.66 bits per heavy atom. The summed E-state index contributed by atoms with van der Waals surface area (Å²) in [5.41, 5.74) is 9.94. The van der Waals surface area contributed by atoms with Gasteiger partial charge in [0.1, 0.15) is 0 Å². The van der Waals surface area contributed by atoms with Crippen molar-refractivity contribution in [2.24, 2.45) is 0 Å². The largest absolute Gasteiger partial charge is 0.382 e. The van der Waals surface area contributed by atoms with E-state index in [0.29, 0.717) is 5.69 Å². The van der Waals surface area contributed by atoms with E-state index in [1.54, 1.807) is 13.2 Å². The quantitative estimate of drug-likeness (QED) is 0.508. The molecular weight excluding hydrogens is 400 g/mol. The van der Waals surface area contributed by atoms with E-state index >= 15 is 0 Å². The number of carbonyl (C=O) groups excluding carboxylic acids is 1. The number of nitrogens with zero attached hydrogens (tertiary/aromatic N) is 3. The van der Waals surface area contributed by atoms with Gasteiger partial charge in [-0.05, 0) is 43.1 Å². The van der Waals surface area contributed by atoms with Crippen LogP contribution in [0.5, 0.6) is 0 Å². The van der Waals surface area contributed by atoms with Crippen LogP contribution >= 0.6 is 0 Å². The van der Waals surface area contributed by atoms with Crippen LogP contribution in [0, 0.1) is 0 Å². The molecule has 1 amide bonds. The first kappa shape index (κ1) is 21.9. The zero-order valence-electron chi connectivity index (χ0n) is 18.4. The summed E-state index contributed by atoms with van der Waals surface area (Å²) in [5.74, 6) is -0.221. The first-order chi connectivity index (χ1) is 15.6. The number of nitrogens with two attached hydrogens (primary N) is 1. The summed E-state index contributed by atoms with van der Waals surface area (Å²) < 4.78 is 0. The van der Waals surface area contributed by atoms with E-state index in [1.807, 2.05) is 12.1 Å². The van der Waals surface area contributed by atoms with Crippen LogP contribution in [0.1, 0.15) is 40.5 Å². The van der Waals surface area contributed by atoms with Crippen molar-refractivity contribution in [2.45, 2.75) is 25.4 Å². The van der Waals surface area contributed by atoms with Gasteiger partial charge in [-0.2, -0.15) is 0 Å². The van der Waals surface area contributed by atoms with E-state index in [2.05, 4.69) is 68.0 Å². The Bertz CT molecular complexity index is 1050. The molecule has 0 bridgehead atoms. The van der Waals surface area contributed by atoms with E-state index in [9.17, 15) is 4.79 Å². The maximum Gasteiger partial charge on any atom is 0.273 e. The third-order valence-corrected chi connectivity index (χ3v) is 5.86. The number of carbonyl (C=O) groups is 1. The molecule has 2 heterocycles. The predicted molar refractivity (Wildman–Crippen MR) is 127 cm³/mol. The smallest absolute Gasteiger partial charge is 0.273 e. The molecule has 2 aromatic carbocycles. The number of amides is 1. The van der Waals surface area contributed by atoms with Gasteiger partial charge >= 0.3 is 0 Å². The van der Waals surface area contributed by atoms with Gasteiger partial charge in [0.15, 0.2) is 11.5 Å². The number of rotatable bonds is 8. The third-order valence-electron chi connectivity index (χ3n) is 5.86. The lowest BCUT2D eigenvalue weighted by atomic mass is 10.0. The van der Waals surface area contributed by atoms with Crippen LogP contribution in [0.4, 0.5) is 5.82 Å². The van der Waals surface area contributed by atoms with Gasteiger partial charge in [0.05, 0.1) is 11.9 Å². The number of nitrogens with one attached hydrogen (secondary N) is 2. The molecule has 1 aliphatic rings. The maximum absolute atomic E-state index is 12.0. The second kappa shape index (κ2) is 10.3. The Labute approximate surface area is 189 Å². The fourth-order valence-corrected chi connectivity index (χ4v) is 4.10. The number of hydrogen-bond acceptors (Lipinski definition) is 6. The van der Waals surface area contributed by atoms with E-state index in [-0.39, 0.29) is 23.5 Å². The second-order valence-electron chi connectivity index (χ2n) is 8.12. The molecule has 7 heteroatoms. The van der Waals surface area contributed by atoms with Gasteiger partial charge in [-0.25, -0.2) is 9.97 Å². The van der Waals surface area contributed by atoms with Crippen LogP contribution in [0.25, 0.3) is 11.3 Å². The van der Waals surface area contributed by atoms with Crippen molar-refractivity contribution in [3.05, 3.63) is 77.6 Å². The van der Waals surface area contributed by atoms with Crippen molar-refractivity contribution in [1.82, 2.24) is 25.5 Å². The maximum atomic E-state index is 12.0. The Kier molecular flexibility index (Phi) is 7.09. The minimum Gasteiger partial charge on any atom is -0.382 e. The summed E-state index contributed by atoms with van der Waals surface area (Å²) >= 11 is 0. The fourth-order valence-electron chi connectivity index (χ4n) is 4.10. The highest BCUT2D eigenvalue weighted by atomic mass is 16.1. The predicted octanol–water partition coefficient (Wildman–Crippen LogP) is 3.01. The van der Waals surface area contributed by atoms with Gasteiger partial charge in [-0.3, -0.25) is 4.79 Å². The third kappa shape index (κ3) is 5.30. The Hall–Kier alpha value is -3.29. The number of benzene rings is 2. The highest BCUT2D eigenvalue weighted by Gasteiger charge is 2.19. The molecule has 1 saturated heterocycles. The Morgan fingerprint density at radius 2 is 1.91 bits per heavy atom. The molecule has 1 aliphatic heterocycles. The molecule has 0 spiro atoms. The van der Waals surface area contributed by atoms with Gasteiger partial charge in [0.25, 0.3) is 5.91 Å². The summed E-state index contributed by atoms with van der Waals surface area (Å²) in [4.78, 5) is 23.2. The first-order valence-electron chi connectivity index (χ1n) is 11.1. The molecule has 1 fully saturated rings. The molecule has 3 aromatic rings. The van der Waals surface area contributed by atoms with Crippen molar-refractivity contribution in [3.63, 3.8) is 0 Å². The van der Waals surface area contributed by atoms with Crippen LogP contribution < -0.4 is 16.4 Å². The number of nitrogen functional groups attached to an aromatic ring is 1. The van der Waals surface area contributed by atoms with E-state index in [1.165, 1.54) is 31.5 Å². The van der Waals surface area contributed by atoms with Crippen LogP contribution in [0.3, 0.4) is 0 Å². The molecule has 7 nitrogen and oxygen atoms in total. The summed E-state index contributed by atoms with van der Waals surface area (Å²) in [6.07, 6.45) is 4.17. The number of anilines is 1. The van der Waals surface area contributed by atoms with Gasteiger partial charge < -0.3 is 21.3 Å². The van der Waals surface area contributed by atoms with Crippen molar-refractivity contribution in [1.29, 1.82) is 0 Å². The first-order valence-corrected chi connectivity index (χ1v) is 11.1. The monoisotopic (exact) mass is 430 g/mol. The molecule has 0 radical (unpaired) electrons. The van der Waals surface area contributed by atoms with Crippen LogP contribution in [0.15, 0.2) is 60.8 Å². The van der Waals surface area contributed by atoms with E-state index in [4.69, 9.17) is 5.73 Å². The van der Waals surface area contributed by atoms with Gasteiger partial charge in [0, 0.05) is 31.7 Å². The van der Waals surface area contributed by atoms with Gasteiger partial charge in [-0.15, -0.1) is 0 Å². The van der Waals surface area contributed by atoms with Crippen molar-refractivity contribution >= 4 is 11.7 Å². The van der Waals surface area contributed by atoms with Crippen LogP contribution in [-0.4, -0.2) is 47.5 Å². The average Bonchev–Trinajstić information content (AvgIpc) is 3.35. The molecule has 1 aromatic heterocycles. The topological polar surface area (TPSA) is 96.2 Å². The SMILES string of the molecule is CNC(=O)c1nc(-c2cccc(CNC(CN3CCCC3)c3ccccc3)c2)cnc1N. The van der Waals surface area contributed by atoms with Crippen molar-refractivity contribution in [2.75, 3.05) is 32.4 Å². The minimum atomic E-state index is -0.345. The van der Waals surface area contributed by atoms with Crippen LogP contribution in [-0.2, 0) is 6.54 Å². The molecule has 1 atom stereocenters. The molecular formula is C25H30N6O. The van der Waals surface area contributed by atoms with Crippen molar-refractivity contribution in [3.8, 4) is 11.3 Å².